The first-order valence-corrected chi connectivity index (χ1v) is 6.17. The van der Waals surface area contributed by atoms with Gasteiger partial charge >= 0.3 is 0 Å². The van der Waals surface area contributed by atoms with Gasteiger partial charge in [-0.2, -0.15) is 0 Å². The number of fused-ring (bicyclic) bond motifs is 1. The molecule has 1 aliphatic heterocycles. The highest BCUT2D eigenvalue weighted by Gasteiger charge is 2.23. The van der Waals surface area contributed by atoms with Crippen molar-refractivity contribution in [2.24, 2.45) is 11.8 Å². The van der Waals surface area contributed by atoms with Crippen molar-refractivity contribution in [2.75, 3.05) is 13.1 Å². The third-order valence-electron chi connectivity index (χ3n) is 3.90. The average Bonchev–Trinajstić information content (AvgIpc) is 2.30. The molecular weight excluding hydrogens is 158 g/mol. The van der Waals surface area contributed by atoms with E-state index >= 15 is 0 Å². The van der Waals surface area contributed by atoms with E-state index in [1.807, 2.05) is 0 Å². The Morgan fingerprint density at radius 3 is 2.23 bits per heavy atom. The van der Waals surface area contributed by atoms with Gasteiger partial charge in [0.25, 0.3) is 0 Å². The van der Waals surface area contributed by atoms with Crippen LogP contribution in [0.4, 0.5) is 0 Å². The lowest BCUT2D eigenvalue weighted by atomic mass is 9.80. The van der Waals surface area contributed by atoms with E-state index in [9.17, 15) is 0 Å². The third kappa shape index (κ3) is 2.70. The minimum atomic E-state index is 1.02. The highest BCUT2D eigenvalue weighted by molar-refractivity contribution is 4.77. The molecule has 1 N–H and O–H groups in total. The maximum atomic E-state index is 3.59. The number of nitrogens with one attached hydrogen (secondary N) is 1. The fraction of sp³-hybridized carbons (Fsp3) is 1.00. The van der Waals surface area contributed by atoms with Crippen molar-refractivity contribution in [3.05, 3.63) is 0 Å². The van der Waals surface area contributed by atoms with E-state index in [1.165, 1.54) is 64.5 Å². The molecule has 0 aromatic heterocycles. The molecule has 0 radical (unpaired) electrons. The molecule has 0 bridgehead atoms. The third-order valence-corrected chi connectivity index (χ3v) is 3.90. The first-order valence-electron chi connectivity index (χ1n) is 6.17. The summed E-state index contributed by atoms with van der Waals surface area (Å²) in [6.45, 7) is 2.58. The normalized spacial score (nSPS) is 36.9. The Kier molecular flexibility index (Phi) is 3.65. The van der Waals surface area contributed by atoms with E-state index in [4.69, 9.17) is 0 Å². The molecule has 0 aromatic rings. The Bertz CT molecular complexity index is 128. The lowest BCUT2D eigenvalue weighted by Crippen LogP contribution is -2.25. The van der Waals surface area contributed by atoms with Gasteiger partial charge in [-0.05, 0) is 44.2 Å². The van der Waals surface area contributed by atoms with Gasteiger partial charge in [0.1, 0.15) is 0 Å². The molecule has 0 aromatic carbocycles. The largest absolute Gasteiger partial charge is 0.316 e. The zero-order chi connectivity index (χ0) is 8.93. The molecular formula is C12H23N. The van der Waals surface area contributed by atoms with Gasteiger partial charge < -0.3 is 5.32 Å². The van der Waals surface area contributed by atoms with Crippen LogP contribution in [0.2, 0.25) is 0 Å². The van der Waals surface area contributed by atoms with Crippen molar-refractivity contribution in [1.82, 2.24) is 5.32 Å². The summed E-state index contributed by atoms with van der Waals surface area (Å²) in [5.74, 6) is 2.08. The monoisotopic (exact) mass is 181 g/mol. The average molecular weight is 181 g/mol. The van der Waals surface area contributed by atoms with Gasteiger partial charge in [0.05, 0.1) is 0 Å². The van der Waals surface area contributed by atoms with Crippen molar-refractivity contribution in [1.29, 1.82) is 0 Å². The van der Waals surface area contributed by atoms with Gasteiger partial charge in [-0.1, -0.05) is 32.1 Å². The molecule has 2 atom stereocenters. The Labute approximate surface area is 82.3 Å². The number of rotatable bonds is 0. The van der Waals surface area contributed by atoms with Crippen molar-refractivity contribution in [3.8, 4) is 0 Å². The molecule has 1 saturated carbocycles. The van der Waals surface area contributed by atoms with Crippen LogP contribution < -0.4 is 5.32 Å². The molecule has 0 spiro atoms. The van der Waals surface area contributed by atoms with Crippen LogP contribution in [0.15, 0.2) is 0 Å². The Balaban J connectivity index is 1.91. The quantitative estimate of drug-likeness (QED) is 0.606. The summed E-state index contributed by atoms with van der Waals surface area (Å²) in [6.07, 6.45) is 11.9. The molecule has 1 aliphatic carbocycles. The van der Waals surface area contributed by atoms with Gasteiger partial charge in [-0.25, -0.2) is 0 Å². The minimum absolute atomic E-state index is 1.02. The van der Waals surface area contributed by atoms with Crippen molar-refractivity contribution in [3.63, 3.8) is 0 Å². The highest BCUT2D eigenvalue weighted by Crippen LogP contribution is 2.31. The van der Waals surface area contributed by atoms with Crippen molar-refractivity contribution in [2.45, 2.75) is 51.4 Å². The Hall–Kier alpha value is -0.0400. The molecule has 2 unspecified atom stereocenters. The van der Waals surface area contributed by atoms with Gasteiger partial charge in [0.15, 0.2) is 0 Å². The molecule has 2 rings (SSSR count). The summed E-state index contributed by atoms with van der Waals surface area (Å²) < 4.78 is 0. The maximum absolute atomic E-state index is 3.59. The van der Waals surface area contributed by atoms with Crippen LogP contribution in [0.1, 0.15) is 51.4 Å². The number of hydrogen-bond acceptors (Lipinski definition) is 1. The van der Waals surface area contributed by atoms with E-state index in [1.54, 1.807) is 0 Å². The minimum Gasteiger partial charge on any atom is -0.316 e. The molecule has 2 fully saturated rings. The fourth-order valence-electron chi connectivity index (χ4n) is 3.06. The van der Waals surface area contributed by atoms with E-state index in [2.05, 4.69) is 5.32 Å². The number of hydrogen-bond donors (Lipinski definition) is 1. The lowest BCUT2D eigenvalue weighted by molar-refractivity contribution is 0.259. The summed E-state index contributed by atoms with van der Waals surface area (Å²) in [5, 5.41) is 3.59. The zero-order valence-corrected chi connectivity index (χ0v) is 8.73. The summed E-state index contributed by atoms with van der Waals surface area (Å²) in [5.41, 5.74) is 0. The van der Waals surface area contributed by atoms with Crippen molar-refractivity contribution < 1.29 is 0 Å². The van der Waals surface area contributed by atoms with Gasteiger partial charge in [-0.15, -0.1) is 0 Å². The Morgan fingerprint density at radius 2 is 1.38 bits per heavy atom. The summed E-state index contributed by atoms with van der Waals surface area (Å²) in [6, 6.07) is 0. The topological polar surface area (TPSA) is 12.0 Å². The first kappa shape index (κ1) is 9.51. The molecule has 1 heteroatoms. The van der Waals surface area contributed by atoms with Crippen LogP contribution in [0.3, 0.4) is 0 Å². The summed E-state index contributed by atoms with van der Waals surface area (Å²) in [7, 11) is 0. The SMILES string of the molecule is C1CCCC2CNCCCC2CC1. The summed E-state index contributed by atoms with van der Waals surface area (Å²) >= 11 is 0. The molecule has 76 valence electrons. The van der Waals surface area contributed by atoms with E-state index in [0.717, 1.165) is 11.8 Å². The molecule has 0 amide bonds. The second-order valence-corrected chi connectivity index (χ2v) is 4.86. The zero-order valence-electron chi connectivity index (χ0n) is 8.73. The van der Waals surface area contributed by atoms with Gasteiger partial charge in [-0.3, -0.25) is 0 Å². The molecule has 1 nitrogen and oxygen atoms in total. The van der Waals surface area contributed by atoms with E-state index < -0.39 is 0 Å². The van der Waals surface area contributed by atoms with Gasteiger partial charge in [0, 0.05) is 0 Å². The summed E-state index contributed by atoms with van der Waals surface area (Å²) in [4.78, 5) is 0. The maximum Gasteiger partial charge on any atom is -0.00179 e. The predicted octanol–water partition coefficient (Wildman–Crippen LogP) is 2.96. The molecule has 2 aliphatic rings. The molecule has 13 heavy (non-hydrogen) atoms. The molecule has 1 saturated heterocycles. The smallest absolute Gasteiger partial charge is 0.00179 e. The Morgan fingerprint density at radius 1 is 0.692 bits per heavy atom. The van der Waals surface area contributed by atoms with Crippen LogP contribution in [-0.4, -0.2) is 13.1 Å². The van der Waals surface area contributed by atoms with Crippen LogP contribution in [0.5, 0.6) is 0 Å². The second kappa shape index (κ2) is 4.99. The highest BCUT2D eigenvalue weighted by atomic mass is 14.9. The predicted molar refractivity (Wildman–Crippen MR) is 56.8 cm³/mol. The van der Waals surface area contributed by atoms with E-state index in [-0.39, 0.29) is 0 Å². The van der Waals surface area contributed by atoms with Crippen LogP contribution in [0.25, 0.3) is 0 Å². The van der Waals surface area contributed by atoms with E-state index in [0.29, 0.717) is 0 Å². The molecule has 1 heterocycles. The van der Waals surface area contributed by atoms with Crippen LogP contribution in [0, 0.1) is 11.8 Å². The van der Waals surface area contributed by atoms with Crippen LogP contribution >= 0.6 is 0 Å². The standard InChI is InChI=1S/C12H23N/c1-2-4-7-12-10-13-9-5-8-11(12)6-3-1/h11-13H,1-10H2. The van der Waals surface area contributed by atoms with Gasteiger partial charge in [0.2, 0.25) is 0 Å². The van der Waals surface area contributed by atoms with Crippen molar-refractivity contribution >= 4 is 0 Å². The van der Waals surface area contributed by atoms with Crippen LogP contribution in [-0.2, 0) is 0 Å². The first-order chi connectivity index (χ1) is 6.47. The lowest BCUT2D eigenvalue weighted by Gasteiger charge is -2.27. The fourth-order valence-corrected chi connectivity index (χ4v) is 3.06. The second-order valence-electron chi connectivity index (χ2n) is 4.86.